The molecule has 3 nitrogen and oxygen atoms in total. The molecular weight excluding hydrogens is 190 g/mol. The molecule has 0 unspecified atom stereocenters. The van der Waals surface area contributed by atoms with Gasteiger partial charge < -0.3 is 4.52 Å². The fourth-order valence-corrected chi connectivity index (χ4v) is 1.50. The van der Waals surface area contributed by atoms with E-state index in [1.54, 1.807) is 0 Å². The summed E-state index contributed by atoms with van der Waals surface area (Å²) >= 11 is 0. The van der Waals surface area contributed by atoms with Crippen molar-refractivity contribution in [2.45, 2.75) is 13.3 Å². The standard InChI is InChI=1S/C12H11NO2/c1-2-11-10(8-14)12(15-13-11)9-6-4-3-5-7-9/h3-8H,2H2,1H3. The van der Waals surface area contributed by atoms with Crippen LogP contribution in [0.3, 0.4) is 0 Å². The molecule has 0 spiro atoms. The molecule has 1 aromatic heterocycles. The Bertz CT molecular complexity index is 460. The van der Waals surface area contributed by atoms with Crippen LogP contribution in [0.25, 0.3) is 11.3 Å². The summed E-state index contributed by atoms with van der Waals surface area (Å²) in [7, 11) is 0. The molecule has 0 amide bonds. The molecule has 3 heteroatoms. The number of nitrogens with zero attached hydrogens (tertiary/aromatic N) is 1. The Morgan fingerprint density at radius 2 is 2.07 bits per heavy atom. The predicted molar refractivity (Wildman–Crippen MR) is 56.7 cm³/mol. The number of carbonyl (C=O) groups is 1. The monoisotopic (exact) mass is 201 g/mol. The van der Waals surface area contributed by atoms with E-state index in [4.69, 9.17) is 4.52 Å². The van der Waals surface area contributed by atoms with Gasteiger partial charge in [-0.15, -0.1) is 0 Å². The zero-order valence-electron chi connectivity index (χ0n) is 8.43. The van der Waals surface area contributed by atoms with Gasteiger partial charge in [-0.05, 0) is 6.42 Å². The highest BCUT2D eigenvalue weighted by molar-refractivity contribution is 5.86. The predicted octanol–water partition coefficient (Wildman–Crippen LogP) is 2.72. The molecule has 15 heavy (non-hydrogen) atoms. The number of hydrogen-bond acceptors (Lipinski definition) is 3. The van der Waals surface area contributed by atoms with Crippen molar-refractivity contribution < 1.29 is 9.32 Å². The van der Waals surface area contributed by atoms with Gasteiger partial charge in [0.05, 0.1) is 11.3 Å². The molecule has 0 aliphatic heterocycles. The molecule has 2 rings (SSSR count). The van der Waals surface area contributed by atoms with Gasteiger partial charge in [0.15, 0.2) is 12.0 Å². The summed E-state index contributed by atoms with van der Waals surface area (Å²) in [6.45, 7) is 1.94. The Hall–Kier alpha value is -1.90. The van der Waals surface area contributed by atoms with Gasteiger partial charge in [-0.1, -0.05) is 42.4 Å². The summed E-state index contributed by atoms with van der Waals surface area (Å²) in [6.07, 6.45) is 1.50. The third-order valence-electron chi connectivity index (χ3n) is 2.29. The molecule has 0 N–H and O–H groups in total. The maximum absolute atomic E-state index is 10.9. The summed E-state index contributed by atoms with van der Waals surface area (Å²) in [5, 5.41) is 3.88. The fourth-order valence-electron chi connectivity index (χ4n) is 1.50. The lowest BCUT2D eigenvalue weighted by Gasteiger charge is -1.95. The second-order valence-electron chi connectivity index (χ2n) is 3.21. The Kier molecular flexibility index (Phi) is 2.63. The molecule has 0 saturated heterocycles. The number of carbonyl (C=O) groups excluding carboxylic acids is 1. The smallest absolute Gasteiger partial charge is 0.177 e. The summed E-state index contributed by atoms with van der Waals surface area (Å²) in [4.78, 5) is 10.9. The van der Waals surface area contributed by atoms with Crippen molar-refractivity contribution in [2.75, 3.05) is 0 Å². The SMILES string of the molecule is CCc1noc(-c2ccccc2)c1C=O. The van der Waals surface area contributed by atoms with Crippen molar-refractivity contribution in [3.05, 3.63) is 41.6 Å². The molecule has 2 aromatic rings. The molecule has 0 bridgehead atoms. The molecule has 0 fully saturated rings. The third kappa shape index (κ3) is 1.68. The molecule has 0 aliphatic rings. The van der Waals surface area contributed by atoms with Crippen LogP contribution in [-0.2, 0) is 6.42 Å². The Labute approximate surface area is 87.7 Å². The maximum atomic E-state index is 10.9. The molecule has 0 radical (unpaired) electrons. The van der Waals surface area contributed by atoms with Crippen LogP contribution in [0, 0.1) is 0 Å². The summed E-state index contributed by atoms with van der Waals surface area (Å²) in [5.74, 6) is 0.558. The minimum atomic E-state index is 0.558. The van der Waals surface area contributed by atoms with Gasteiger partial charge in [-0.25, -0.2) is 0 Å². The molecular formula is C12H11NO2. The van der Waals surface area contributed by atoms with Gasteiger partial charge >= 0.3 is 0 Å². The summed E-state index contributed by atoms with van der Waals surface area (Å²) < 4.78 is 5.18. The van der Waals surface area contributed by atoms with Crippen LogP contribution >= 0.6 is 0 Å². The van der Waals surface area contributed by atoms with Crippen LogP contribution in [0.4, 0.5) is 0 Å². The Balaban J connectivity index is 2.54. The summed E-state index contributed by atoms with van der Waals surface area (Å²) in [5.41, 5.74) is 2.15. The van der Waals surface area contributed by atoms with Gasteiger partial charge in [-0.2, -0.15) is 0 Å². The fraction of sp³-hybridized carbons (Fsp3) is 0.167. The second-order valence-corrected chi connectivity index (χ2v) is 3.21. The normalized spacial score (nSPS) is 10.2. The van der Waals surface area contributed by atoms with Crippen molar-refractivity contribution in [3.63, 3.8) is 0 Å². The molecule has 1 heterocycles. The highest BCUT2D eigenvalue weighted by atomic mass is 16.5. The van der Waals surface area contributed by atoms with Crippen LogP contribution in [0.1, 0.15) is 23.0 Å². The van der Waals surface area contributed by atoms with Gasteiger partial charge in [0.2, 0.25) is 0 Å². The van der Waals surface area contributed by atoms with Crippen molar-refractivity contribution in [1.29, 1.82) is 0 Å². The highest BCUT2D eigenvalue weighted by Gasteiger charge is 2.14. The first kappa shape index (κ1) is 9.65. The van der Waals surface area contributed by atoms with Gasteiger partial charge in [0.25, 0.3) is 0 Å². The molecule has 0 saturated carbocycles. The van der Waals surface area contributed by atoms with Crippen molar-refractivity contribution in [1.82, 2.24) is 5.16 Å². The van der Waals surface area contributed by atoms with Gasteiger partial charge in [0.1, 0.15) is 0 Å². The quantitative estimate of drug-likeness (QED) is 0.717. The van der Waals surface area contributed by atoms with Crippen molar-refractivity contribution in [2.24, 2.45) is 0 Å². The minimum absolute atomic E-state index is 0.558. The largest absolute Gasteiger partial charge is 0.355 e. The highest BCUT2D eigenvalue weighted by Crippen LogP contribution is 2.24. The third-order valence-corrected chi connectivity index (χ3v) is 2.29. The van der Waals surface area contributed by atoms with E-state index < -0.39 is 0 Å². The van der Waals surface area contributed by atoms with Crippen LogP contribution in [0.2, 0.25) is 0 Å². The molecule has 1 aromatic carbocycles. The first-order chi connectivity index (χ1) is 7.36. The number of hydrogen-bond donors (Lipinski definition) is 0. The number of aldehydes is 1. The lowest BCUT2D eigenvalue weighted by molar-refractivity contribution is 0.112. The van der Waals surface area contributed by atoms with Crippen molar-refractivity contribution >= 4 is 6.29 Å². The van der Waals surface area contributed by atoms with E-state index in [1.165, 1.54) is 0 Å². The van der Waals surface area contributed by atoms with E-state index in [-0.39, 0.29) is 0 Å². The Morgan fingerprint density at radius 3 is 2.67 bits per heavy atom. The topological polar surface area (TPSA) is 43.1 Å². The van der Waals surface area contributed by atoms with Gasteiger partial charge in [0, 0.05) is 5.56 Å². The lowest BCUT2D eigenvalue weighted by atomic mass is 10.1. The van der Waals surface area contributed by atoms with Crippen LogP contribution in [-0.4, -0.2) is 11.4 Å². The maximum Gasteiger partial charge on any atom is 0.177 e. The van der Waals surface area contributed by atoms with Crippen LogP contribution < -0.4 is 0 Å². The number of rotatable bonds is 3. The number of aryl methyl sites for hydroxylation is 1. The zero-order valence-corrected chi connectivity index (χ0v) is 8.43. The molecule has 76 valence electrons. The van der Waals surface area contributed by atoms with E-state index in [0.29, 0.717) is 23.4 Å². The van der Waals surface area contributed by atoms with Crippen LogP contribution in [0.5, 0.6) is 0 Å². The first-order valence-corrected chi connectivity index (χ1v) is 4.86. The number of aromatic nitrogens is 1. The van der Waals surface area contributed by atoms with Gasteiger partial charge in [-0.3, -0.25) is 4.79 Å². The number of benzene rings is 1. The minimum Gasteiger partial charge on any atom is -0.355 e. The average molecular weight is 201 g/mol. The second kappa shape index (κ2) is 4.09. The molecule has 0 aliphatic carbocycles. The summed E-state index contributed by atoms with van der Waals surface area (Å²) in [6, 6.07) is 9.51. The molecule has 0 atom stereocenters. The zero-order chi connectivity index (χ0) is 10.7. The van der Waals surface area contributed by atoms with E-state index >= 15 is 0 Å². The van der Waals surface area contributed by atoms with E-state index in [9.17, 15) is 4.79 Å². The van der Waals surface area contributed by atoms with Crippen LogP contribution in [0.15, 0.2) is 34.9 Å². The average Bonchev–Trinajstić information content (AvgIpc) is 2.72. The van der Waals surface area contributed by atoms with E-state index in [2.05, 4.69) is 5.16 Å². The lowest BCUT2D eigenvalue weighted by Crippen LogP contribution is -1.88. The van der Waals surface area contributed by atoms with Crippen molar-refractivity contribution in [3.8, 4) is 11.3 Å². The van der Waals surface area contributed by atoms with E-state index in [1.807, 2.05) is 37.3 Å². The Morgan fingerprint density at radius 1 is 1.33 bits per heavy atom. The van der Waals surface area contributed by atoms with E-state index in [0.717, 1.165) is 11.8 Å². The first-order valence-electron chi connectivity index (χ1n) is 4.86.